The first-order valence-corrected chi connectivity index (χ1v) is 4.38. The van der Waals surface area contributed by atoms with E-state index in [0.29, 0.717) is 0 Å². The van der Waals surface area contributed by atoms with Gasteiger partial charge in [-0.2, -0.15) is 4.68 Å². The minimum atomic E-state index is -4.41. The molecule has 8 heteroatoms. The maximum Gasteiger partial charge on any atom is 0.255 e. The normalized spacial score (nSPS) is 15.7. The molecule has 72 valence electrons. The molecule has 1 heterocycles. The van der Waals surface area contributed by atoms with Crippen LogP contribution < -0.4 is 11.2 Å². The van der Waals surface area contributed by atoms with Crippen molar-refractivity contribution in [1.82, 2.24) is 5.32 Å². The van der Waals surface area contributed by atoms with E-state index in [1.165, 1.54) is 0 Å². The summed E-state index contributed by atoms with van der Waals surface area (Å²) in [6.45, 7) is 1.91. The molecule has 7 nitrogen and oxygen atoms in total. The van der Waals surface area contributed by atoms with Crippen LogP contribution in [0.2, 0.25) is 0 Å². The summed E-state index contributed by atoms with van der Waals surface area (Å²) < 4.78 is 32.6. The molecule has 0 radical (unpaired) electrons. The van der Waals surface area contributed by atoms with E-state index in [9.17, 15) is 13.0 Å². The van der Waals surface area contributed by atoms with Crippen LogP contribution in [-0.2, 0) is 14.6 Å². The molecule has 0 aromatic rings. The fourth-order valence-electron chi connectivity index (χ4n) is 0.440. The molecule has 0 atom stereocenters. The summed E-state index contributed by atoms with van der Waals surface area (Å²) in [5.41, 5.74) is 0. The second kappa shape index (κ2) is 4.91. The van der Waals surface area contributed by atoms with Crippen LogP contribution in [0, 0.1) is 0 Å². The van der Waals surface area contributed by atoms with E-state index in [-0.39, 0.29) is 0 Å². The van der Waals surface area contributed by atoms with Crippen LogP contribution in [0.3, 0.4) is 0 Å². The van der Waals surface area contributed by atoms with Gasteiger partial charge in [0.1, 0.15) is 13.1 Å². The van der Waals surface area contributed by atoms with Crippen LogP contribution >= 0.6 is 0 Å². The lowest BCUT2D eigenvalue weighted by atomic mass is 10.7. The van der Waals surface area contributed by atoms with E-state index in [0.717, 1.165) is 20.2 Å². The Labute approximate surface area is 70.8 Å². The summed E-state index contributed by atoms with van der Waals surface area (Å²) in [5, 5.41) is 2.95. The highest BCUT2D eigenvalue weighted by Gasteiger charge is 2.00. The van der Waals surface area contributed by atoms with Crippen molar-refractivity contribution in [1.29, 1.82) is 0 Å². The smallest absolute Gasteiger partial charge is 0.255 e. The molecule has 0 saturated heterocycles. The Bertz CT molecular complexity index is 247. The Morgan fingerprint density at radius 1 is 1.75 bits per heavy atom. The molecule has 0 spiro atoms. The summed E-state index contributed by atoms with van der Waals surface area (Å²) in [4.78, 5) is 0. The molecule has 12 heavy (non-hydrogen) atoms. The van der Waals surface area contributed by atoms with Gasteiger partial charge in [0.15, 0.2) is 0 Å². The highest BCUT2D eigenvalue weighted by molar-refractivity contribution is 7.80. The number of hydrazone groups is 1. The van der Waals surface area contributed by atoms with Crippen molar-refractivity contribution >= 4 is 16.7 Å². The number of hydrogen-bond acceptors (Lipinski definition) is 6. The van der Waals surface area contributed by atoms with Crippen LogP contribution in [0.1, 0.15) is 0 Å². The minimum Gasteiger partial charge on any atom is -0.726 e. The predicted octanol–water partition coefficient (Wildman–Crippen LogP) is -2.40. The molecule has 0 saturated carbocycles. The standard InChI is InChI=1S/C3H7N3.CH4O4S/c4-6-2-1-5-3-6;1-5-6(2,3)4/h3H,1-2,4H2;1H3,(H,2,3,4). The van der Waals surface area contributed by atoms with E-state index in [4.69, 9.17) is 5.84 Å². The Balaban J connectivity index is 0.000000202. The third kappa shape index (κ3) is 7.25. The fraction of sp³-hybridized carbons (Fsp3) is 0.750. The summed E-state index contributed by atoms with van der Waals surface area (Å²) in [5.74, 6) is 5.25. The third-order valence-corrected chi connectivity index (χ3v) is 1.38. The van der Waals surface area contributed by atoms with Gasteiger partial charge in [-0.3, -0.25) is 15.3 Å². The number of rotatable bonds is 1. The van der Waals surface area contributed by atoms with Gasteiger partial charge in [-0.15, -0.1) is 0 Å². The first-order valence-electron chi connectivity index (χ1n) is 3.05. The van der Waals surface area contributed by atoms with Gasteiger partial charge in [-0.1, -0.05) is 0 Å². The number of nitrogens with zero attached hydrogens (tertiary/aromatic N) is 1. The van der Waals surface area contributed by atoms with Crippen LogP contribution in [0.15, 0.2) is 0 Å². The molecular weight excluding hydrogens is 186 g/mol. The molecule has 0 fully saturated rings. The Kier molecular flexibility index (Phi) is 4.55. The third-order valence-electron chi connectivity index (χ3n) is 0.976. The fourth-order valence-corrected chi connectivity index (χ4v) is 0.440. The van der Waals surface area contributed by atoms with Gasteiger partial charge in [-0.25, -0.2) is 8.42 Å². The second-order valence-corrected chi connectivity index (χ2v) is 3.05. The zero-order chi connectivity index (χ0) is 9.61. The van der Waals surface area contributed by atoms with Crippen LogP contribution in [0.4, 0.5) is 0 Å². The molecule has 1 aliphatic heterocycles. The lowest BCUT2D eigenvalue weighted by Crippen LogP contribution is -2.17. The van der Waals surface area contributed by atoms with Crippen molar-refractivity contribution < 1.29 is 21.8 Å². The second-order valence-electron chi connectivity index (χ2n) is 1.90. The molecular formula is C4H11N3O4S. The first-order chi connectivity index (χ1) is 5.45. The van der Waals surface area contributed by atoms with Gasteiger partial charge in [0, 0.05) is 0 Å². The van der Waals surface area contributed by atoms with Gasteiger partial charge in [-0.05, 0) is 0 Å². The van der Waals surface area contributed by atoms with Gasteiger partial charge in [0.05, 0.1) is 7.11 Å². The maximum absolute atomic E-state index is 9.22. The molecule has 3 N–H and O–H groups in total. The van der Waals surface area contributed by atoms with Crippen molar-refractivity contribution in [3.63, 3.8) is 0 Å². The molecule has 0 bridgehead atoms. The highest BCUT2D eigenvalue weighted by Crippen LogP contribution is 1.74. The number of hydrogen-bond donors (Lipinski definition) is 2. The summed E-state index contributed by atoms with van der Waals surface area (Å²) >= 11 is 0. The van der Waals surface area contributed by atoms with Crippen LogP contribution in [0.5, 0.6) is 0 Å². The number of hydrazine groups is 1. The van der Waals surface area contributed by atoms with Crippen molar-refractivity contribution in [2.75, 3.05) is 20.2 Å². The zero-order valence-electron chi connectivity index (χ0n) is 6.56. The van der Waals surface area contributed by atoms with Crippen molar-refractivity contribution in [3.8, 4) is 0 Å². The van der Waals surface area contributed by atoms with E-state index >= 15 is 0 Å². The topological polar surface area (TPSA) is 107 Å². The number of nitrogens with one attached hydrogen (secondary N) is 1. The first kappa shape index (κ1) is 11.1. The van der Waals surface area contributed by atoms with Crippen molar-refractivity contribution in [3.05, 3.63) is 0 Å². The molecule has 0 aliphatic carbocycles. The monoisotopic (exact) mass is 197 g/mol. The van der Waals surface area contributed by atoms with Gasteiger partial charge < -0.3 is 4.55 Å². The molecule has 1 rings (SSSR count). The number of nitrogens with two attached hydrogens (primary N) is 1. The Morgan fingerprint density at radius 2 is 2.25 bits per heavy atom. The van der Waals surface area contributed by atoms with Crippen molar-refractivity contribution in [2.45, 2.75) is 0 Å². The highest BCUT2D eigenvalue weighted by atomic mass is 32.3. The largest absolute Gasteiger partial charge is 0.726 e. The quantitative estimate of drug-likeness (QED) is 0.210. The summed E-state index contributed by atoms with van der Waals surface area (Å²) in [7, 11) is -3.60. The Morgan fingerprint density at radius 3 is 2.33 bits per heavy atom. The van der Waals surface area contributed by atoms with Gasteiger partial charge in [0.2, 0.25) is 10.4 Å². The molecule has 1 aliphatic rings. The molecule has 0 unspecified atom stereocenters. The zero-order valence-corrected chi connectivity index (χ0v) is 7.37. The lowest BCUT2D eigenvalue weighted by molar-refractivity contribution is -0.525. The lowest BCUT2D eigenvalue weighted by Gasteiger charge is -1.98. The van der Waals surface area contributed by atoms with E-state index in [1.54, 1.807) is 11.0 Å². The summed E-state index contributed by atoms with van der Waals surface area (Å²) in [6.07, 6.45) is 1.76. The molecule has 0 aromatic heterocycles. The average Bonchev–Trinajstić information content (AvgIpc) is 2.39. The van der Waals surface area contributed by atoms with Gasteiger partial charge >= 0.3 is 0 Å². The van der Waals surface area contributed by atoms with Crippen LogP contribution in [0.25, 0.3) is 0 Å². The molecule has 0 amide bonds. The van der Waals surface area contributed by atoms with E-state index in [1.807, 2.05) is 0 Å². The maximum atomic E-state index is 9.22. The molecule has 0 aromatic carbocycles. The SMILES string of the molecule is COS(=O)(=O)[O-].N[N+]1=CNCC1. The Hall–Kier alpha value is -0.860. The van der Waals surface area contributed by atoms with Crippen molar-refractivity contribution in [2.24, 2.45) is 5.84 Å². The summed E-state index contributed by atoms with van der Waals surface area (Å²) in [6, 6.07) is 0. The van der Waals surface area contributed by atoms with Gasteiger partial charge in [0.25, 0.3) is 6.34 Å². The minimum absolute atomic E-state index is 0.808. The van der Waals surface area contributed by atoms with E-state index in [2.05, 4.69) is 9.50 Å². The van der Waals surface area contributed by atoms with E-state index < -0.39 is 10.4 Å². The average molecular weight is 197 g/mol. The predicted molar refractivity (Wildman–Crippen MR) is 40.1 cm³/mol. The van der Waals surface area contributed by atoms with Crippen LogP contribution in [-0.4, -0.2) is 44.2 Å².